The molecule has 22 heavy (non-hydrogen) atoms. The smallest absolute Gasteiger partial charge is 0.145 e. The van der Waals surface area contributed by atoms with Crippen molar-refractivity contribution in [3.05, 3.63) is 74.9 Å². The van der Waals surface area contributed by atoms with Gasteiger partial charge in [-0.05, 0) is 61.0 Å². The summed E-state index contributed by atoms with van der Waals surface area (Å²) in [6.07, 6.45) is 1.73. The number of hydrogen-bond acceptors (Lipinski definition) is 2. The van der Waals surface area contributed by atoms with Crippen LogP contribution in [0.4, 0.5) is 5.69 Å². The molecule has 1 aromatic heterocycles. The van der Waals surface area contributed by atoms with Gasteiger partial charge in [0.05, 0.1) is 11.9 Å². The van der Waals surface area contributed by atoms with E-state index in [1.165, 1.54) is 5.56 Å². The Hall–Kier alpha value is -1.65. The summed E-state index contributed by atoms with van der Waals surface area (Å²) in [6, 6.07) is 17.9. The fourth-order valence-corrected chi connectivity index (χ4v) is 3.01. The lowest BCUT2D eigenvalue weighted by atomic mass is 10.1. The highest BCUT2D eigenvalue weighted by Gasteiger charge is 2.07. The van der Waals surface area contributed by atoms with E-state index in [1.807, 2.05) is 42.5 Å². The molecule has 0 saturated heterocycles. The highest BCUT2D eigenvalue weighted by Crippen LogP contribution is 2.30. The van der Waals surface area contributed by atoms with Gasteiger partial charge in [0.1, 0.15) is 11.5 Å². The van der Waals surface area contributed by atoms with Crippen LogP contribution in [0.2, 0.25) is 0 Å². The van der Waals surface area contributed by atoms with Crippen molar-refractivity contribution in [1.29, 1.82) is 0 Å². The summed E-state index contributed by atoms with van der Waals surface area (Å²) >= 11 is 6.99. The van der Waals surface area contributed by atoms with E-state index in [0.717, 1.165) is 31.7 Å². The van der Waals surface area contributed by atoms with Gasteiger partial charge in [-0.15, -0.1) is 0 Å². The van der Waals surface area contributed by atoms with Crippen LogP contribution in [-0.4, -0.2) is 6.21 Å². The first-order chi connectivity index (χ1) is 10.6. The Morgan fingerprint density at radius 1 is 0.955 bits per heavy atom. The number of furan rings is 1. The minimum absolute atomic E-state index is 0.727. The number of nitrogens with zero attached hydrogens (tertiary/aromatic N) is 1. The summed E-state index contributed by atoms with van der Waals surface area (Å²) < 4.78 is 7.91. The highest BCUT2D eigenvalue weighted by atomic mass is 79.9. The molecule has 110 valence electrons. The SMILES string of the molecule is Cc1ccc(-c2ccc(C=Nc3ccc(Br)cc3)o2)c(Br)c1. The highest BCUT2D eigenvalue weighted by molar-refractivity contribution is 9.10. The third kappa shape index (κ3) is 3.57. The topological polar surface area (TPSA) is 25.5 Å². The van der Waals surface area contributed by atoms with Crippen molar-refractivity contribution in [3.8, 4) is 11.3 Å². The predicted octanol–water partition coefficient (Wildman–Crippen LogP) is 6.53. The third-order valence-electron chi connectivity index (χ3n) is 3.18. The zero-order valence-corrected chi connectivity index (χ0v) is 15.1. The van der Waals surface area contributed by atoms with Crippen LogP contribution in [0.3, 0.4) is 0 Å². The second-order valence-electron chi connectivity index (χ2n) is 4.92. The molecule has 0 radical (unpaired) electrons. The molecular weight excluding hydrogens is 406 g/mol. The average molecular weight is 419 g/mol. The van der Waals surface area contributed by atoms with Crippen LogP contribution in [0.25, 0.3) is 11.3 Å². The van der Waals surface area contributed by atoms with Crippen molar-refractivity contribution in [3.63, 3.8) is 0 Å². The van der Waals surface area contributed by atoms with Gasteiger partial charge >= 0.3 is 0 Å². The molecule has 0 aliphatic carbocycles. The summed E-state index contributed by atoms with van der Waals surface area (Å²) in [6.45, 7) is 2.06. The molecule has 3 rings (SSSR count). The number of aryl methyl sites for hydroxylation is 1. The summed E-state index contributed by atoms with van der Waals surface area (Å²) in [4.78, 5) is 4.41. The lowest BCUT2D eigenvalue weighted by molar-refractivity contribution is 0.575. The summed E-state index contributed by atoms with van der Waals surface area (Å²) in [7, 11) is 0. The monoisotopic (exact) mass is 417 g/mol. The Bertz CT molecular complexity index is 819. The van der Waals surface area contributed by atoms with Crippen molar-refractivity contribution >= 4 is 43.8 Å². The summed E-state index contributed by atoms with van der Waals surface area (Å²) in [5.74, 6) is 1.55. The number of halogens is 2. The lowest BCUT2D eigenvalue weighted by Crippen LogP contribution is -1.79. The van der Waals surface area contributed by atoms with Crippen LogP contribution in [0, 0.1) is 6.92 Å². The van der Waals surface area contributed by atoms with E-state index in [4.69, 9.17) is 4.42 Å². The molecule has 2 nitrogen and oxygen atoms in total. The van der Waals surface area contributed by atoms with Crippen molar-refractivity contribution in [2.75, 3.05) is 0 Å². The first-order valence-corrected chi connectivity index (χ1v) is 8.36. The maximum absolute atomic E-state index is 5.85. The second kappa shape index (κ2) is 6.63. The Balaban J connectivity index is 1.83. The zero-order valence-electron chi connectivity index (χ0n) is 11.9. The van der Waals surface area contributed by atoms with Gasteiger partial charge in [0, 0.05) is 14.5 Å². The predicted molar refractivity (Wildman–Crippen MR) is 98.0 cm³/mol. The Labute approximate surface area is 146 Å². The Morgan fingerprint density at radius 3 is 2.45 bits per heavy atom. The van der Waals surface area contributed by atoms with Gasteiger partial charge in [0.15, 0.2) is 0 Å². The number of benzene rings is 2. The Morgan fingerprint density at radius 2 is 1.73 bits per heavy atom. The van der Waals surface area contributed by atoms with Gasteiger partial charge in [-0.2, -0.15) is 0 Å². The van der Waals surface area contributed by atoms with Crippen molar-refractivity contribution in [1.82, 2.24) is 0 Å². The van der Waals surface area contributed by atoms with Gasteiger partial charge in [-0.25, -0.2) is 0 Å². The van der Waals surface area contributed by atoms with E-state index in [0.29, 0.717) is 0 Å². The minimum Gasteiger partial charge on any atom is -0.455 e. The largest absolute Gasteiger partial charge is 0.455 e. The van der Waals surface area contributed by atoms with Gasteiger partial charge in [-0.1, -0.05) is 37.9 Å². The van der Waals surface area contributed by atoms with Gasteiger partial charge in [0.25, 0.3) is 0 Å². The number of hydrogen-bond donors (Lipinski definition) is 0. The average Bonchev–Trinajstić information content (AvgIpc) is 2.95. The maximum Gasteiger partial charge on any atom is 0.145 e. The van der Waals surface area contributed by atoms with Crippen LogP contribution in [-0.2, 0) is 0 Å². The first-order valence-electron chi connectivity index (χ1n) is 6.78. The minimum atomic E-state index is 0.727. The third-order valence-corrected chi connectivity index (χ3v) is 4.37. The van der Waals surface area contributed by atoms with Gasteiger partial charge in [0.2, 0.25) is 0 Å². The molecule has 0 saturated carbocycles. The molecule has 0 fully saturated rings. The molecule has 1 heterocycles. The molecule has 0 amide bonds. The maximum atomic E-state index is 5.85. The van der Waals surface area contributed by atoms with E-state index < -0.39 is 0 Å². The van der Waals surface area contributed by atoms with Gasteiger partial charge in [-0.3, -0.25) is 4.99 Å². The number of rotatable bonds is 3. The molecule has 0 N–H and O–H groups in total. The van der Waals surface area contributed by atoms with Crippen LogP contribution in [0.5, 0.6) is 0 Å². The second-order valence-corrected chi connectivity index (χ2v) is 6.69. The van der Waals surface area contributed by atoms with Crippen LogP contribution in [0.15, 0.2) is 73.0 Å². The van der Waals surface area contributed by atoms with E-state index >= 15 is 0 Å². The molecular formula is C18H13Br2NO. The quantitative estimate of drug-likeness (QED) is 0.444. The molecule has 3 aromatic rings. The van der Waals surface area contributed by atoms with E-state index in [1.54, 1.807) is 6.21 Å². The van der Waals surface area contributed by atoms with Crippen LogP contribution in [0.1, 0.15) is 11.3 Å². The van der Waals surface area contributed by atoms with Crippen molar-refractivity contribution < 1.29 is 4.42 Å². The fourth-order valence-electron chi connectivity index (χ4n) is 2.05. The summed E-state index contributed by atoms with van der Waals surface area (Å²) in [5, 5.41) is 0. The normalized spacial score (nSPS) is 11.2. The number of aliphatic imine (C=N–C) groups is 1. The molecule has 0 aliphatic rings. The summed E-state index contributed by atoms with van der Waals surface area (Å²) in [5.41, 5.74) is 3.13. The first kappa shape index (κ1) is 15.3. The molecule has 0 aliphatic heterocycles. The molecule has 4 heteroatoms. The molecule has 0 atom stereocenters. The molecule has 0 bridgehead atoms. The van der Waals surface area contributed by atoms with Crippen molar-refractivity contribution in [2.45, 2.75) is 6.92 Å². The van der Waals surface area contributed by atoms with Crippen LogP contribution < -0.4 is 0 Å². The zero-order chi connectivity index (χ0) is 15.5. The van der Waals surface area contributed by atoms with E-state index in [2.05, 4.69) is 55.9 Å². The van der Waals surface area contributed by atoms with Crippen molar-refractivity contribution in [2.24, 2.45) is 4.99 Å². The standard InChI is InChI=1S/C18H13Br2NO/c1-12-2-8-16(17(20)10-12)18-9-7-15(22-18)11-21-14-5-3-13(19)4-6-14/h2-11H,1H3. The van der Waals surface area contributed by atoms with Gasteiger partial charge < -0.3 is 4.42 Å². The Kier molecular flexibility index (Phi) is 4.60. The molecule has 2 aromatic carbocycles. The molecule has 0 spiro atoms. The molecule has 0 unspecified atom stereocenters. The lowest BCUT2D eigenvalue weighted by Gasteiger charge is -2.01. The fraction of sp³-hybridized carbons (Fsp3) is 0.0556. The van der Waals surface area contributed by atoms with Crippen LogP contribution >= 0.6 is 31.9 Å². The van der Waals surface area contributed by atoms with E-state index in [-0.39, 0.29) is 0 Å². The van der Waals surface area contributed by atoms with E-state index in [9.17, 15) is 0 Å².